The Morgan fingerprint density at radius 2 is 1.43 bits per heavy atom. The first kappa shape index (κ1) is 18.7. The lowest BCUT2D eigenvalue weighted by Crippen LogP contribution is -1.95. The van der Waals surface area contributed by atoms with E-state index in [1.165, 1.54) is 28.7 Å². The molecule has 0 N–H and O–H groups in total. The molecule has 1 unspecified atom stereocenters. The molecule has 0 radical (unpaired) electrons. The van der Waals surface area contributed by atoms with Crippen molar-refractivity contribution in [3.63, 3.8) is 0 Å². The van der Waals surface area contributed by atoms with E-state index in [0.717, 1.165) is 0 Å². The minimum Gasteiger partial charge on any atom is -0.0991 e. The van der Waals surface area contributed by atoms with Crippen LogP contribution in [0, 0.1) is 0 Å². The predicted molar refractivity (Wildman–Crippen MR) is 105 cm³/mol. The Bertz CT molecular complexity index is 615. The zero-order valence-corrected chi connectivity index (χ0v) is 14.6. The van der Waals surface area contributed by atoms with Crippen LogP contribution in [0.4, 0.5) is 0 Å². The first-order valence-electron chi connectivity index (χ1n) is 8.28. The Morgan fingerprint density at radius 3 is 1.91 bits per heavy atom. The van der Waals surface area contributed by atoms with Gasteiger partial charge in [-0.2, -0.15) is 0 Å². The second-order valence-electron chi connectivity index (χ2n) is 5.52. The molecule has 1 atom stereocenters. The summed E-state index contributed by atoms with van der Waals surface area (Å²) in [6, 6.07) is 19.2. The summed E-state index contributed by atoms with van der Waals surface area (Å²) in [5.74, 6) is 0.329. The third-order valence-corrected chi connectivity index (χ3v) is 3.56. The monoisotopic (exact) mass is 304 g/mol. The van der Waals surface area contributed by atoms with Gasteiger partial charge in [0, 0.05) is 5.92 Å². The summed E-state index contributed by atoms with van der Waals surface area (Å²) in [4.78, 5) is 0. The average Bonchev–Trinajstić information content (AvgIpc) is 2.61. The van der Waals surface area contributed by atoms with E-state index in [1.807, 2.05) is 24.3 Å². The van der Waals surface area contributed by atoms with Gasteiger partial charge in [-0.15, -0.1) is 0 Å². The van der Waals surface area contributed by atoms with E-state index < -0.39 is 0 Å². The van der Waals surface area contributed by atoms with E-state index >= 15 is 0 Å². The fourth-order valence-electron chi connectivity index (χ4n) is 2.31. The first-order chi connectivity index (χ1) is 11.2. The lowest BCUT2D eigenvalue weighted by atomic mass is 9.91. The molecule has 0 aromatic heterocycles. The van der Waals surface area contributed by atoms with Crippen molar-refractivity contribution in [3.8, 4) is 11.1 Å². The van der Waals surface area contributed by atoms with Crippen molar-refractivity contribution in [3.05, 3.63) is 97.1 Å². The maximum atomic E-state index is 3.88. The van der Waals surface area contributed by atoms with E-state index in [4.69, 9.17) is 0 Å². The molecular weight excluding hydrogens is 276 g/mol. The van der Waals surface area contributed by atoms with E-state index in [0.29, 0.717) is 5.92 Å². The maximum Gasteiger partial charge on any atom is 0.00607 e. The zero-order chi connectivity index (χ0) is 17.1. The lowest BCUT2D eigenvalue weighted by molar-refractivity contribution is 0.923. The number of benzene rings is 2. The molecule has 2 aromatic carbocycles. The summed E-state index contributed by atoms with van der Waals surface area (Å²) in [7, 11) is 0. The Hall–Kier alpha value is -2.34. The van der Waals surface area contributed by atoms with Gasteiger partial charge in [-0.05, 0) is 22.3 Å². The summed E-state index contributed by atoms with van der Waals surface area (Å²) >= 11 is 0. The predicted octanol–water partition coefficient (Wildman–Crippen LogP) is 7.17. The van der Waals surface area contributed by atoms with Crippen molar-refractivity contribution in [1.82, 2.24) is 0 Å². The molecule has 0 bridgehead atoms. The van der Waals surface area contributed by atoms with E-state index in [9.17, 15) is 0 Å². The second-order valence-corrected chi connectivity index (χ2v) is 5.52. The first-order valence-corrected chi connectivity index (χ1v) is 8.28. The van der Waals surface area contributed by atoms with Crippen LogP contribution in [0.25, 0.3) is 11.1 Å². The Labute approximate surface area is 141 Å². The SMILES string of the molecule is C=C/C=C(\C=C)C(C)c1ccc(-c2ccccc2)cc1.CCC. The van der Waals surface area contributed by atoms with Crippen molar-refractivity contribution >= 4 is 0 Å². The topological polar surface area (TPSA) is 0 Å². The highest BCUT2D eigenvalue weighted by molar-refractivity contribution is 5.63. The largest absolute Gasteiger partial charge is 0.0991 e. The van der Waals surface area contributed by atoms with Crippen molar-refractivity contribution in [2.24, 2.45) is 0 Å². The normalized spacial score (nSPS) is 11.9. The molecule has 0 amide bonds. The highest BCUT2D eigenvalue weighted by Gasteiger charge is 2.08. The standard InChI is InChI=1S/C20H20.C3H8/c1-4-9-17(5-2)16(3)18-12-14-20(15-13-18)19-10-7-6-8-11-19;1-3-2/h4-16H,1-2H2,3H3;3H2,1-2H3/b17-9+;. The van der Waals surface area contributed by atoms with Gasteiger partial charge in [0.2, 0.25) is 0 Å². The molecule has 2 rings (SSSR count). The Morgan fingerprint density at radius 1 is 0.913 bits per heavy atom. The Kier molecular flexibility index (Phi) is 8.46. The lowest BCUT2D eigenvalue weighted by Gasteiger charge is -2.14. The number of hydrogen-bond donors (Lipinski definition) is 0. The van der Waals surface area contributed by atoms with Gasteiger partial charge in [-0.3, -0.25) is 0 Å². The number of hydrogen-bond acceptors (Lipinski definition) is 0. The average molecular weight is 304 g/mol. The highest BCUT2D eigenvalue weighted by Crippen LogP contribution is 2.27. The molecule has 0 saturated carbocycles. The minimum absolute atomic E-state index is 0.329. The van der Waals surface area contributed by atoms with Gasteiger partial charge in [-0.25, -0.2) is 0 Å². The van der Waals surface area contributed by atoms with Gasteiger partial charge in [0.1, 0.15) is 0 Å². The van der Waals surface area contributed by atoms with Crippen molar-refractivity contribution < 1.29 is 0 Å². The summed E-state index contributed by atoms with van der Waals surface area (Å²) in [5, 5.41) is 0. The molecule has 0 saturated heterocycles. The van der Waals surface area contributed by atoms with Crippen LogP contribution in [0.5, 0.6) is 0 Å². The summed E-state index contributed by atoms with van der Waals surface area (Å²) in [5.41, 5.74) is 4.97. The molecule has 0 nitrogen and oxygen atoms in total. The van der Waals surface area contributed by atoms with Gasteiger partial charge in [0.15, 0.2) is 0 Å². The third kappa shape index (κ3) is 5.75. The van der Waals surface area contributed by atoms with Crippen molar-refractivity contribution in [1.29, 1.82) is 0 Å². The van der Waals surface area contributed by atoms with Crippen LogP contribution in [0.2, 0.25) is 0 Å². The van der Waals surface area contributed by atoms with Crippen molar-refractivity contribution in [2.75, 3.05) is 0 Å². The van der Waals surface area contributed by atoms with Crippen LogP contribution in [0.15, 0.2) is 91.6 Å². The smallest absolute Gasteiger partial charge is 0.00607 e. The molecule has 2 aromatic rings. The molecule has 0 spiro atoms. The van der Waals surface area contributed by atoms with Gasteiger partial charge in [-0.1, -0.05) is 113 Å². The van der Waals surface area contributed by atoms with Crippen LogP contribution in [-0.2, 0) is 0 Å². The van der Waals surface area contributed by atoms with Gasteiger partial charge < -0.3 is 0 Å². The molecule has 120 valence electrons. The molecule has 0 fully saturated rings. The fraction of sp³-hybridized carbons (Fsp3) is 0.217. The number of rotatable bonds is 5. The van der Waals surface area contributed by atoms with Crippen LogP contribution < -0.4 is 0 Å². The second kappa shape index (κ2) is 10.4. The Balaban J connectivity index is 0.000000816. The van der Waals surface area contributed by atoms with E-state index in [-0.39, 0.29) is 0 Å². The van der Waals surface area contributed by atoms with Crippen LogP contribution in [0.3, 0.4) is 0 Å². The van der Waals surface area contributed by atoms with Crippen LogP contribution in [-0.4, -0.2) is 0 Å². The minimum atomic E-state index is 0.329. The molecule has 0 aliphatic heterocycles. The van der Waals surface area contributed by atoms with Gasteiger partial charge in [0.05, 0.1) is 0 Å². The molecule has 0 aliphatic carbocycles. The third-order valence-electron chi connectivity index (χ3n) is 3.56. The van der Waals surface area contributed by atoms with Gasteiger partial charge in [0.25, 0.3) is 0 Å². The fourth-order valence-corrected chi connectivity index (χ4v) is 2.31. The maximum absolute atomic E-state index is 3.88. The molecule has 0 heteroatoms. The highest BCUT2D eigenvalue weighted by atomic mass is 14.1. The molecule has 0 aliphatic rings. The van der Waals surface area contributed by atoms with Crippen LogP contribution in [0.1, 0.15) is 38.7 Å². The van der Waals surface area contributed by atoms with E-state index in [1.54, 1.807) is 0 Å². The van der Waals surface area contributed by atoms with Crippen molar-refractivity contribution in [2.45, 2.75) is 33.1 Å². The molecule has 0 heterocycles. The molecular formula is C23H28. The number of allylic oxidation sites excluding steroid dienone is 4. The summed E-state index contributed by atoms with van der Waals surface area (Å²) in [6.07, 6.45) is 6.98. The summed E-state index contributed by atoms with van der Waals surface area (Å²) < 4.78 is 0. The quantitative estimate of drug-likeness (QED) is 0.513. The molecule has 23 heavy (non-hydrogen) atoms. The van der Waals surface area contributed by atoms with Gasteiger partial charge >= 0.3 is 0 Å². The van der Waals surface area contributed by atoms with Crippen LogP contribution >= 0.6 is 0 Å². The zero-order valence-electron chi connectivity index (χ0n) is 14.6. The summed E-state index contributed by atoms with van der Waals surface area (Å²) in [6.45, 7) is 14.1. The van der Waals surface area contributed by atoms with E-state index in [2.05, 4.69) is 82.5 Å².